The molecule has 5 atom stereocenters. The van der Waals surface area contributed by atoms with E-state index < -0.39 is 58.9 Å². The van der Waals surface area contributed by atoms with Gasteiger partial charge in [0.2, 0.25) is 11.8 Å². The fourth-order valence-corrected chi connectivity index (χ4v) is 8.59. The van der Waals surface area contributed by atoms with Crippen LogP contribution in [0.5, 0.6) is 0 Å². The molecule has 0 saturated carbocycles. The predicted molar refractivity (Wildman–Crippen MR) is 239 cm³/mol. The van der Waals surface area contributed by atoms with Gasteiger partial charge in [0.05, 0.1) is 19.2 Å². The number of nitrogens with one attached hydrogen (secondary N) is 4. The number of carbonyl (C=O) groups is 5. The van der Waals surface area contributed by atoms with E-state index in [0.29, 0.717) is 44.7 Å². The van der Waals surface area contributed by atoms with Crippen molar-refractivity contribution < 1.29 is 43.4 Å². The summed E-state index contributed by atoms with van der Waals surface area (Å²) < 4.78 is 16.3. The average Bonchev–Trinajstić information content (AvgIpc) is 3.62. The molecule has 0 bridgehead atoms. The minimum Gasteiger partial charge on any atom is -0.467 e. The normalized spacial score (nSPS) is 20.3. The summed E-state index contributed by atoms with van der Waals surface area (Å²) in [5.74, 6) is -1.34. The lowest BCUT2D eigenvalue weighted by molar-refractivity contribution is -0.256. The van der Waals surface area contributed by atoms with E-state index >= 15 is 0 Å². The van der Waals surface area contributed by atoms with Crippen LogP contribution in [0.1, 0.15) is 127 Å². The fraction of sp³-hybridized carbons (Fsp3) is 0.723. The topological polar surface area (TPSA) is 188 Å². The van der Waals surface area contributed by atoms with Crippen molar-refractivity contribution in [3.05, 3.63) is 48.0 Å². The Hall–Kier alpha value is -4.21. The zero-order valence-corrected chi connectivity index (χ0v) is 39.5. The molecule has 2 aliphatic heterocycles. The Bertz CT molecular complexity index is 1630. The minimum absolute atomic E-state index is 0.0148. The molecule has 3 rings (SSSR count). The number of hydrogen-bond acceptors (Lipinski definition) is 11. The third-order valence-corrected chi connectivity index (χ3v) is 11.4. The van der Waals surface area contributed by atoms with Crippen molar-refractivity contribution in [3.63, 3.8) is 0 Å². The molecule has 5 N–H and O–H groups in total. The number of carbonyl (C=O) groups excluding carboxylic acids is 5. The van der Waals surface area contributed by atoms with E-state index in [1.807, 2.05) is 86.6 Å². The second-order valence-corrected chi connectivity index (χ2v) is 20.1. The molecule has 15 heteroatoms. The summed E-state index contributed by atoms with van der Waals surface area (Å²) in [6, 6.07) is 7.55. The summed E-state index contributed by atoms with van der Waals surface area (Å²) in [5, 5.41) is 23.5. The van der Waals surface area contributed by atoms with Gasteiger partial charge in [-0.05, 0) is 117 Å². The zero-order chi connectivity index (χ0) is 46.4. The summed E-state index contributed by atoms with van der Waals surface area (Å²) in [6.07, 6.45) is 7.09. The summed E-state index contributed by atoms with van der Waals surface area (Å²) >= 11 is 0. The highest BCUT2D eigenvalue weighted by Gasteiger charge is 2.46. The van der Waals surface area contributed by atoms with Gasteiger partial charge in [0, 0.05) is 37.0 Å². The molecule has 0 spiro atoms. The van der Waals surface area contributed by atoms with Crippen LogP contribution in [-0.2, 0) is 35.0 Å². The van der Waals surface area contributed by atoms with Crippen molar-refractivity contribution >= 4 is 30.0 Å². The molecular formula is C47H78N6O9. The third-order valence-electron chi connectivity index (χ3n) is 11.4. The predicted octanol–water partition coefficient (Wildman–Crippen LogP) is 6.52. The largest absolute Gasteiger partial charge is 0.467 e. The van der Waals surface area contributed by atoms with Crippen LogP contribution in [0.3, 0.4) is 0 Å². The molecule has 2 saturated heterocycles. The van der Waals surface area contributed by atoms with Crippen molar-refractivity contribution in [2.45, 2.75) is 174 Å². The van der Waals surface area contributed by atoms with E-state index in [1.54, 1.807) is 0 Å². The van der Waals surface area contributed by atoms with Gasteiger partial charge < -0.3 is 40.7 Å². The Morgan fingerprint density at radius 1 is 0.919 bits per heavy atom. The summed E-state index contributed by atoms with van der Waals surface area (Å²) in [5.41, 5.74) is -0.618. The van der Waals surface area contributed by atoms with Gasteiger partial charge in [0.15, 0.2) is 0 Å². The first kappa shape index (κ1) is 52.1. The van der Waals surface area contributed by atoms with E-state index in [-0.39, 0.29) is 42.9 Å². The first-order valence-electron chi connectivity index (χ1n) is 22.5. The number of ether oxygens (including phenoxy) is 3. The van der Waals surface area contributed by atoms with Crippen LogP contribution in [0.15, 0.2) is 42.5 Å². The lowest BCUT2D eigenvalue weighted by Gasteiger charge is -2.50. The molecule has 0 aromatic heterocycles. The van der Waals surface area contributed by atoms with Crippen LogP contribution in [0.25, 0.3) is 0 Å². The molecule has 0 aliphatic carbocycles. The van der Waals surface area contributed by atoms with Crippen molar-refractivity contribution in [2.24, 2.45) is 17.8 Å². The third kappa shape index (κ3) is 17.2. The Balaban J connectivity index is 1.65. The maximum absolute atomic E-state index is 14.0. The Morgan fingerprint density at radius 2 is 1.56 bits per heavy atom. The van der Waals surface area contributed by atoms with E-state index in [2.05, 4.69) is 58.2 Å². The van der Waals surface area contributed by atoms with Crippen LogP contribution in [-0.4, -0.2) is 119 Å². The summed E-state index contributed by atoms with van der Waals surface area (Å²) in [4.78, 5) is 68.3. The van der Waals surface area contributed by atoms with Gasteiger partial charge in [-0.2, -0.15) is 5.06 Å². The van der Waals surface area contributed by atoms with Crippen LogP contribution in [0.4, 0.5) is 9.59 Å². The number of piperidine rings is 1. The molecule has 350 valence electrons. The Morgan fingerprint density at radius 3 is 2.15 bits per heavy atom. The van der Waals surface area contributed by atoms with Crippen LogP contribution < -0.4 is 21.3 Å². The number of esters is 1. The van der Waals surface area contributed by atoms with Crippen molar-refractivity contribution in [2.75, 3.05) is 26.7 Å². The molecule has 15 nitrogen and oxygen atoms in total. The first-order valence-corrected chi connectivity index (χ1v) is 22.5. The van der Waals surface area contributed by atoms with Gasteiger partial charge in [-0.15, -0.1) is 0 Å². The quantitative estimate of drug-likeness (QED) is 0.0416. The van der Waals surface area contributed by atoms with E-state index in [0.717, 1.165) is 24.8 Å². The number of rotatable bonds is 20. The number of methoxy groups -OCH3 is 1. The van der Waals surface area contributed by atoms with Crippen LogP contribution >= 0.6 is 0 Å². The Kier molecular flexibility index (Phi) is 19.7. The molecule has 2 aliphatic rings. The van der Waals surface area contributed by atoms with Crippen molar-refractivity contribution in [3.8, 4) is 0 Å². The second-order valence-electron chi connectivity index (χ2n) is 20.1. The fourth-order valence-electron chi connectivity index (χ4n) is 8.59. The van der Waals surface area contributed by atoms with Crippen molar-refractivity contribution in [1.29, 1.82) is 0 Å². The van der Waals surface area contributed by atoms with Gasteiger partial charge in [-0.3, -0.25) is 14.5 Å². The molecule has 0 radical (unpaired) electrons. The number of amides is 4. The number of benzene rings is 1. The zero-order valence-electron chi connectivity index (χ0n) is 39.5. The van der Waals surface area contributed by atoms with Gasteiger partial charge in [-0.25, -0.2) is 14.4 Å². The standard InChI is InChI=1S/C47H78N6O9/c1-31(2)26-35(49-44(58)62-45(5,6)7)23-22-34(27-33-18-14-13-15-19-33)30-52-25-17-21-38(52)40(54)51-39(32(3)4)41(55)50-37(42(56)60-12)20-16-24-48-43(57)61-36-28-46(8,9)53(59)47(10,11)29-36/h13-15,18-19,22-23,31-32,34-39,59H,16-17,20-21,24-30H2,1-12H3,(H,48,57)(H,49,58)(H,50,55)(H,51,54)/b23-22+/t34-,35-,37+,38+,39+/m1/s1. The summed E-state index contributed by atoms with van der Waals surface area (Å²) in [7, 11) is 1.25. The maximum Gasteiger partial charge on any atom is 0.408 e. The molecule has 2 heterocycles. The molecule has 2 fully saturated rings. The van der Waals surface area contributed by atoms with E-state index in [9.17, 15) is 29.2 Å². The average molecular weight is 871 g/mol. The Labute approximate surface area is 370 Å². The van der Waals surface area contributed by atoms with E-state index in [4.69, 9.17) is 14.2 Å². The van der Waals surface area contributed by atoms with Crippen molar-refractivity contribution in [1.82, 2.24) is 31.2 Å². The van der Waals surface area contributed by atoms with Gasteiger partial charge in [-0.1, -0.05) is 70.2 Å². The second kappa shape index (κ2) is 23.5. The number of hydrogen-bond donors (Lipinski definition) is 5. The molecule has 1 aromatic carbocycles. The van der Waals surface area contributed by atoms with Gasteiger partial charge >= 0.3 is 18.2 Å². The highest BCUT2D eigenvalue weighted by atomic mass is 16.6. The molecule has 62 heavy (non-hydrogen) atoms. The minimum atomic E-state index is -1.00. The monoisotopic (exact) mass is 871 g/mol. The number of likely N-dealkylation sites (tertiary alicyclic amines) is 1. The highest BCUT2D eigenvalue weighted by Crippen LogP contribution is 2.38. The number of alkyl carbamates (subject to hydrolysis) is 2. The number of hydroxylamine groups is 2. The summed E-state index contributed by atoms with van der Waals surface area (Å²) in [6.45, 7) is 22.5. The molecule has 4 amide bonds. The van der Waals surface area contributed by atoms with Gasteiger partial charge in [0.25, 0.3) is 0 Å². The van der Waals surface area contributed by atoms with Crippen LogP contribution in [0.2, 0.25) is 0 Å². The smallest absolute Gasteiger partial charge is 0.408 e. The van der Waals surface area contributed by atoms with Gasteiger partial charge in [0.1, 0.15) is 23.8 Å². The lowest BCUT2D eigenvalue weighted by atomic mass is 9.80. The number of nitrogens with zero attached hydrogens (tertiary/aromatic N) is 2. The maximum atomic E-state index is 14.0. The SMILES string of the molecule is COC(=O)[C@H](CCCNC(=O)OC1CC(C)(C)N(O)C(C)(C)C1)NC(=O)[C@@H](NC(=O)[C@@H]1CCCN1C[C@H](/C=C/[C@H](CC(C)C)NC(=O)OC(C)(C)C)Cc1ccccc1)C(C)C. The van der Waals surface area contributed by atoms with E-state index in [1.165, 1.54) is 12.2 Å². The first-order chi connectivity index (χ1) is 28.9. The molecular weight excluding hydrogens is 793 g/mol. The molecule has 1 aromatic rings. The highest BCUT2D eigenvalue weighted by molar-refractivity contribution is 5.92. The lowest BCUT2D eigenvalue weighted by Crippen LogP contribution is -2.60. The molecule has 0 unspecified atom stereocenters. The van der Waals surface area contributed by atoms with Crippen LogP contribution in [0, 0.1) is 17.8 Å².